The van der Waals surface area contributed by atoms with Gasteiger partial charge in [-0.2, -0.15) is 0 Å². The van der Waals surface area contributed by atoms with Gasteiger partial charge >= 0.3 is 0 Å². The number of hydrogen-bond donors (Lipinski definition) is 2. The van der Waals surface area contributed by atoms with Crippen LogP contribution in [0, 0.1) is 0 Å². The van der Waals surface area contributed by atoms with Gasteiger partial charge in [-0.15, -0.1) is 0 Å². The molecule has 1 unspecified atom stereocenters. The number of benzene rings is 1. The monoisotopic (exact) mass is 322 g/mol. The Hall–Kier alpha value is -0.100. The molecule has 0 aromatic heterocycles. The maximum absolute atomic E-state index is 5.82. The summed E-state index contributed by atoms with van der Waals surface area (Å²) in [6, 6.07) is 3.69. The first-order chi connectivity index (χ1) is 6.60. The molecule has 0 heterocycles. The maximum atomic E-state index is 5.82. The normalized spacial score (nSPS) is 12.6. The molecule has 0 bridgehead atoms. The molecule has 1 aromatic carbocycles. The predicted molar refractivity (Wildman–Crippen MR) is 64.4 cm³/mol. The second-order valence-electron chi connectivity index (χ2n) is 2.86. The van der Waals surface area contributed by atoms with Crippen molar-refractivity contribution in [2.45, 2.75) is 6.04 Å². The second-order valence-corrected chi connectivity index (χ2v) is 4.57. The Kier molecular flexibility index (Phi) is 4.37. The Morgan fingerprint density at radius 2 is 1.86 bits per heavy atom. The van der Waals surface area contributed by atoms with E-state index in [1.54, 1.807) is 7.11 Å². The third-order valence-corrected chi connectivity index (χ3v) is 3.08. The standard InChI is InChI=1S/C9H12Br2N2O/c1-14-9-6(10)2-5(3-7(9)11)8(13)4-12/h2-3,8H,4,12-13H2,1H3. The Morgan fingerprint density at radius 1 is 1.36 bits per heavy atom. The zero-order valence-corrected chi connectivity index (χ0v) is 10.9. The molecule has 1 aromatic rings. The Labute approximate surface area is 100 Å². The SMILES string of the molecule is COc1c(Br)cc(C(N)CN)cc1Br. The Balaban J connectivity index is 3.13. The molecule has 0 aliphatic carbocycles. The van der Waals surface area contributed by atoms with E-state index in [1.165, 1.54) is 0 Å². The molecule has 3 nitrogen and oxygen atoms in total. The highest BCUT2D eigenvalue weighted by Gasteiger charge is 2.11. The largest absolute Gasteiger partial charge is 0.494 e. The summed E-state index contributed by atoms with van der Waals surface area (Å²) in [4.78, 5) is 0. The molecule has 0 aliphatic heterocycles. The first kappa shape index (κ1) is 12.0. The van der Waals surface area contributed by atoms with E-state index in [-0.39, 0.29) is 6.04 Å². The fourth-order valence-electron chi connectivity index (χ4n) is 1.12. The molecule has 14 heavy (non-hydrogen) atoms. The number of ether oxygens (including phenoxy) is 1. The summed E-state index contributed by atoms with van der Waals surface area (Å²) >= 11 is 6.81. The molecule has 1 rings (SSSR count). The van der Waals surface area contributed by atoms with Crippen molar-refractivity contribution in [3.8, 4) is 5.75 Å². The van der Waals surface area contributed by atoms with Crippen LogP contribution in [0.25, 0.3) is 0 Å². The second kappa shape index (κ2) is 5.11. The van der Waals surface area contributed by atoms with Gasteiger partial charge in [0.1, 0.15) is 5.75 Å². The van der Waals surface area contributed by atoms with Gasteiger partial charge in [0.25, 0.3) is 0 Å². The molecule has 4 N–H and O–H groups in total. The van der Waals surface area contributed by atoms with Crippen LogP contribution in [0.15, 0.2) is 21.1 Å². The van der Waals surface area contributed by atoms with Crippen molar-refractivity contribution >= 4 is 31.9 Å². The number of rotatable bonds is 3. The van der Waals surface area contributed by atoms with Crippen LogP contribution in [-0.2, 0) is 0 Å². The molecule has 0 amide bonds. The van der Waals surface area contributed by atoms with E-state index >= 15 is 0 Å². The van der Waals surface area contributed by atoms with E-state index in [1.807, 2.05) is 12.1 Å². The minimum Gasteiger partial charge on any atom is -0.494 e. The third-order valence-electron chi connectivity index (χ3n) is 1.91. The van der Waals surface area contributed by atoms with Gasteiger partial charge < -0.3 is 16.2 Å². The summed E-state index contributed by atoms with van der Waals surface area (Å²) in [5, 5.41) is 0. The van der Waals surface area contributed by atoms with Crippen molar-refractivity contribution in [1.82, 2.24) is 0 Å². The van der Waals surface area contributed by atoms with Crippen LogP contribution in [0.4, 0.5) is 0 Å². The Morgan fingerprint density at radius 3 is 2.21 bits per heavy atom. The van der Waals surface area contributed by atoms with Gasteiger partial charge in [-0.1, -0.05) is 0 Å². The van der Waals surface area contributed by atoms with Crippen LogP contribution in [0.3, 0.4) is 0 Å². The van der Waals surface area contributed by atoms with Gasteiger partial charge in [-0.05, 0) is 49.6 Å². The summed E-state index contributed by atoms with van der Waals surface area (Å²) < 4.78 is 6.92. The lowest BCUT2D eigenvalue weighted by molar-refractivity contribution is 0.409. The number of halogens is 2. The van der Waals surface area contributed by atoms with Crippen LogP contribution >= 0.6 is 31.9 Å². The molecule has 0 saturated carbocycles. The van der Waals surface area contributed by atoms with Crippen LogP contribution in [0.2, 0.25) is 0 Å². The smallest absolute Gasteiger partial charge is 0.147 e. The number of methoxy groups -OCH3 is 1. The van der Waals surface area contributed by atoms with E-state index < -0.39 is 0 Å². The summed E-state index contributed by atoms with van der Waals surface area (Å²) in [6.07, 6.45) is 0. The molecule has 1 atom stereocenters. The van der Waals surface area contributed by atoms with Crippen molar-refractivity contribution < 1.29 is 4.74 Å². The van der Waals surface area contributed by atoms with E-state index in [4.69, 9.17) is 16.2 Å². The summed E-state index contributed by atoms with van der Waals surface area (Å²) in [5.74, 6) is 0.762. The highest BCUT2D eigenvalue weighted by atomic mass is 79.9. The zero-order chi connectivity index (χ0) is 10.7. The summed E-state index contributed by atoms with van der Waals surface area (Å²) in [7, 11) is 1.62. The fraction of sp³-hybridized carbons (Fsp3) is 0.333. The molecular formula is C9H12Br2N2O. The van der Waals surface area contributed by atoms with Crippen LogP contribution in [0.5, 0.6) is 5.75 Å². The molecule has 5 heteroatoms. The molecular weight excluding hydrogens is 312 g/mol. The van der Waals surface area contributed by atoms with Crippen molar-refractivity contribution in [3.63, 3.8) is 0 Å². The maximum Gasteiger partial charge on any atom is 0.147 e. The number of nitrogens with two attached hydrogens (primary N) is 2. The average molecular weight is 324 g/mol. The van der Waals surface area contributed by atoms with Crippen molar-refractivity contribution in [1.29, 1.82) is 0 Å². The van der Waals surface area contributed by atoms with E-state index in [2.05, 4.69) is 31.9 Å². The quantitative estimate of drug-likeness (QED) is 0.896. The van der Waals surface area contributed by atoms with Gasteiger partial charge in [-0.25, -0.2) is 0 Å². The summed E-state index contributed by atoms with van der Waals surface area (Å²) in [5.41, 5.74) is 12.3. The minimum atomic E-state index is -0.145. The average Bonchev–Trinajstić information content (AvgIpc) is 2.16. The molecule has 0 aliphatic rings. The zero-order valence-electron chi connectivity index (χ0n) is 7.76. The van der Waals surface area contributed by atoms with E-state index in [0.717, 1.165) is 20.3 Å². The van der Waals surface area contributed by atoms with Crippen molar-refractivity contribution in [2.24, 2.45) is 11.5 Å². The Bertz CT molecular complexity index is 308. The first-order valence-electron chi connectivity index (χ1n) is 4.08. The van der Waals surface area contributed by atoms with Gasteiger partial charge in [0, 0.05) is 12.6 Å². The first-order valence-corrected chi connectivity index (χ1v) is 5.67. The lowest BCUT2D eigenvalue weighted by Crippen LogP contribution is -2.20. The van der Waals surface area contributed by atoms with Crippen LogP contribution in [-0.4, -0.2) is 13.7 Å². The summed E-state index contributed by atoms with van der Waals surface area (Å²) in [6.45, 7) is 0.422. The third kappa shape index (κ3) is 2.48. The predicted octanol–water partition coefficient (Wildman–Crippen LogP) is 2.18. The topological polar surface area (TPSA) is 61.3 Å². The lowest BCUT2D eigenvalue weighted by Gasteiger charge is -2.13. The van der Waals surface area contributed by atoms with E-state index in [0.29, 0.717) is 6.54 Å². The molecule has 0 fully saturated rings. The molecule has 0 radical (unpaired) electrons. The van der Waals surface area contributed by atoms with Gasteiger partial charge in [-0.3, -0.25) is 0 Å². The molecule has 78 valence electrons. The van der Waals surface area contributed by atoms with Crippen LogP contribution < -0.4 is 16.2 Å². The molecule has 0 spiro atoms. The van der Waals surface area contributed by atoms with Crippen molar-refractivity contribution in [2.75, 3.05) is 13.7 Å². The van der Waals surface area contributed by atoms with Gasteiger partial charge in [0.05, 0.1) is 16.1 Å². The van der Waals surface area contributed by atoms with E-state index in [9.17, 15) is 0 Å². The molecule has 0 saturated heterocycles. The minimum absolute atomic E-state index is 0.145. The highest BCUT2D eigenvalue weighted by molar-refractivity contribution is 9.11. The fourth-order valence-corrected chi connectivity index (χ4v) is 2.67. The van der Waals surface area contributed by atoms with Gasteiger partial charge in [0.15, 0.2) is 0 Å². The van der Waals surface area contributed by atoms with Gasteiger partial charge in [0.2, 0.25) is 0 Å². The highest BCUT2D eigenvalue weighted by Crippen LogP contribution is 2.35. The van der Waals surface area contributed by atoms with Crippen molar-refractivity contribution in [3.05, 3.63) is 26.6 Å². The number of hydrogen-bond acceptors (Lipinski definition) is 3. The van der Waals surface area contributed by atoms with Crippen LogP contribution in [0.1, 0.15) is 11.6 Å². The lowest BCUT2D eigenvalue weighted by atomic mass is 10.1.